The maximum atomic E-state index is 13.4. The summed E-state index contributed by atoms with van der Waals surface area (Å²) in [5, 5.41) is 13.6. The van der Waals surface area contributed by atoms with Gasteiger partial charge in [-0.05, 0) is 51.3 Å². The minimum Gasteiger partial charge on any atom is -0.383 e. The quantitative estimate of drug-likeness (QED) is 0.455. The Kier molecular flexibility index (Phi) is 10.5. The van der Waals surface area contributed by atoms with E-state index < -0.39 is 18.1 Å². The fourth-order valence-corrected chi connectivity index (χ4v) is 4.52. The van der Waals surface area contributed by atoms with Crippen LogP contribution >= 0.6 is 0 Å². The zero-order valence-corrected chi connectivity index (χ0v) is 22.0. The lowest BCUT2D eigenvalue weighted by Gasteiger charge is -2.32. The molecule has 3 atom stereocenters. The molecule has 37 heavy (non-hydrogen) atoms. The van der Waals surface area contributed by atoms with Crippen molar-refractivity contribution in [3.8, 4) is 0 Å². The summed E-state index contributed by atoms with van der Waals surface area (Å²) < 4.78 is 0. The summed E-state index contributed by atoms with van der Waals surface area (Å²) in [6.07, 6.45) is 1.24. The Morgan fingerprint density at radius 3 is 2.32 bits per heavy atom. The van der Waals surface area contributed by atoms with Crippen LogP contribution in [0.4, 0.5) is 0 Å². The molecule has 1 aliphatic rings. The molecule has 2 aromatic carbocycles. The van der Waals surface area contributed by atoms with Crippen LogP contribution in [0.3, 0.4) is 0 Å². The number of likely N-dealkylation sites (tertiary alicyclic amines) is 1. The van der Waals surface area contributed by atoms with Gasteiger partial charge in [0, 0.05) is 32.1 Å². The fourth-order valence-electron chi connectivity index (χ4n) is 4.52. The third kappa shape index (κ3) is 8.06. The van der Waals surface area contributed by atoms with E-state index in [1.165, 1.54) is 0 Å². The molecular weight excluding hydrogens is 468 g/mol. The van der Waals surface area contributed by atoms with E-state index in [-0.39, 0.29) is 30.0 Å². The first-order chi connectivity index (χ1) is 17.8. The smallest absolute Gasteiger partial charge is 0.268 e. The number of amides is 3. The second kappa shape index (κ2) is 13.8. The maximum Gasteiger partial charge on any atom is 0.268 e. The Morgan fingerprint density at radius 2 is 1.70 bits per heavy atom. The summed E-state index contributed by atoms with van der Waals surface area (Å²) in [6, 6.07) is 18.6. The van der Waals surface area contributed by atoms with Crippen LogP contribution in [0.2, 0.25) is 0 Å². The molecule has 0 spiro atoms. The summed E-state index contributed by atoms with van der Waals surface area (Å²) in [7, 11) is 1.67. The number of benzene rings is 2. The van der Waals surface area contributed by atoms with E-state index in [9.17, 15) is 19.5 Å². The molecule has 1 fully saturated rings. The first-order valence-corrected chi connectivity index (χ1v) is 12.9. The lowest BCUT2D eigenvalue weighted by Crippen LogP contribution is -2.50. The zero-order valence-electron chi connectivity index (χ0n) is 22.0. The molecule has 1 saturated heterocycles. The van der Waals surface area contributed by atoms with Crippen LogP contribution in [0.1, 0.15) is 37.8 Å². The van der Waals surface area contributed by atoms with Crippen molar-refractivity contribution < 1.29 is 19.5 Å². The van der Waals surface area contributed by atoms with Gasteiger partial charge in [0.2, 0.25) is 0 Å². The highest BCUT2D eigenvalue weighted by Gasteiger charge is 2.34. The maximum absolute atomic E-state index is 13.4. The molecule has 8 heteroatoms. The van der Waals surface area contributed by atoms with Gasteiger partial charge in [0.25, 0.3) is 17.7 Å². The zero-order chi connectivity index (χ0) is 26.8. The number of aliphatic hydroxyl groups excluding tert-OH is 1. The van der Waals surface area contributed by atoms with Crippen molar-refractivity contribution in [3.05, 3.63) is 71.8 Å². The molecule has 0 radical (unpaired) electrons. The molecule has 3 amide bonds. The monoisotopic (exact) mass is 506 g/mol. The summed E-state index contributed by atoms with van der Waals surface area (Å²) >= 11 is 0. The van der Waals surface area contributed by atoms with E-state index in [0.717, 1.165) is 24.0 Å². The van der Waals surface area contributed by atoms with Gasteiger partial charge in [0.05, 0.1) is 6.04 Å². The highest BCUT2D eigenvalue weighted by atomic mass is 16.3. The number of aliphatic hydroxyl groups is 1. The second-order valence-electron chi connectivity index (χ2n) is 9.57. The summed E-state index contributed by atoms with van der Waals surface area (Å²) in [5.74, 6) is -1.03. The highest BCUT2D eigenvalue weighted by molar-refractivity contribution is 6.39. The Bertz CT molecular complexity index is 1070. The van der Waals surface area contributed by atoms with E-state index in [4.69, 9.17) is 0 Å². The van der Waals surface area contributed by atoms with Crippen LogP contribution in [0.5, 0.6) is 0 Å². The molecule has 0 aromatic heterocycles. The average Bonchev–Trinajstić information content (AvgIpc) is 3.38. The van der Waals surface area contributed by atoms with Gasteiger partial charge in [-0.3, -0.25) is 14.4 Å². The molecule has 3 rings (SSSR count). The number of likely N-dealkylation sites (N-methyl/N-ethyl adjacent to an activating group) is 1. The summed E-state index contributed by atoms with van der Waals surface area (Å²) in [6.45, 7) is 4.54. The lowest BCUT2D eigenvalue weighted by atomic mass is 10.1. The van der Waals surface area contributed by atoms with Crippen LogP contribution < -0.4 is 5.32 Å². The van der Waals surface area contributed by atoms with Crippen molar-refractivity contribution >= 4 is 23.4 Å². The van der Waals surface area contributed by atoms with Gasteiger partial charge in [-0.25, -0.2) is 4.99 Å². The number of carbonyl (C=O) groups is 3. The van der Waals surface area contributed by atoms with Gasteiger partial charge in [-0.2, -0.15) is 0 Å². The fraction of sp³-hybridized carbons (Fsp3) is 0.448. The molecule has 0 saturated carbocycles. The van der Waals surface area contributed by atoms with Gasteiger partial charge in [-0.15, -0.1) is 0 Å². The first-order valence-electron chi connectivity index (χ1n) is 12.9. The standard InChI is InChI=1S/C29H38N4O4/c1-21(30-3)27(35)31-22(2)28(36)33-17-10-15-25(33)20-32(18-16-23-11-6-4-7-12-23)29(37)26(34)19-24-13-8-5-9-14-24/h4-9,11-14,21,25-26,30,34H,10,15-20H2,1-3H3/b31-22+/t21-,25-,26+/m0/s1. The SMILES string of the molecule is CN[C@@H](C)C(=O)/N=C(\C)C(=O)N1CCC[C@H]1CN(CCc1ccccc1)C(=O)[C@H](O)Cc1ccccc1. The molecule has 0 unspecified atom stereocenters. The summed E-state index contributed by atoms with van der Waals surface area (Å²) in [4.78, 5) is 46.2. The summed E-state index contributed by atoms with van der Waals surface area (Å²) in [5.41, 5.74) is 2.12. The Hall–Kier alpha value is -3.36. The van der Waals surface area contributed by atoms with Crippen LogP contribution in [0, 0.1) is 0 Å². The largest absolute Gasteiger partial charge is 0.383 e. The number of hydrogen-bond acceptors (Lipinski definition) is 5. The van der Waals surface area contributed by atoms with Crippen molar-refractivity contribution in [3.63, 3.8) is 0 Å². The third-order valence-electron chi connectivity index (χ3n) is 6.84. The van der Waals surface area contributed by atoms with Crippen LogP contribution in [0.25, 0.3) is 0 Å². The minimum atomic E-state index is -1.17. The van der Waals surface area contributed by atoms with Crippen molar-refractivity contribution in [1.82, 2.24) is 15.1 Å². The normalized spacial score (nSPS) is 17.4. The van der Waals surface area contributed by atoms with Crippen LogP contribution in [0.15, 0.2) is 65.7 Å². The molecule has 0 bridgehead atoms. The van der Waals surface area contributed by atoms with Crippen LogP contribution in [-0.2, 0) is 27.2 Å². The van der Waals surface area contributed by atoms with Gasteiger partial charge in [0.15, 0.2) is 0 Å². The van der Waals surface area contributed by atoms with Crippen LogP contribution in [-0.4, -0.2) is 83.2 Å². The number of carbonyl (C=O) groups excluding carboxylic acids is 3. The highest BCUT2D eigenvalue weighted by Crippen LogP contribution is 2.20. The van der Waals surface area contributed by atoms with E-state index in [1.807, 2.05) is 60.7 Å². The predicted octanol–water partition coefficient (Wildman–Crippen LogP) is 2.25. The molecule has 198 valence electrons. The lowest BCUT2D eigenvalue weighted by molar-refractivity contribution is -0.141. The molecule has 1 heterocycles. The van der Waals surface area contributed by atoms with Gasteiger partial charge in [-0.1, -0.05) is 60.7 Å². The minimum absolute atomic E-state index is 0.144. The van der Waals surface area contributed by atoms with Gasteiger partial charge < -0.3 is 20.2 Å². The molecule has 2 aromatic rings. The van der Waals surface area contributed by atoms with E-state index in [2.05, 4.69) is 10.3 Å². The van der Waals surface area contributed by atoms with E-state index >= 15 is 0 Å². The molecule has 1 aliphatic heterocycles. The van der Waals surface area contributed by atoms with Gasteiger partial charge >= 0.3 is 0 Å². The van der Waals surface area contributed by atoms with E-state index in [0.29, 0.717) is 26.1 Å². The number of aliphatic imine (C=N–C) groups is 1. The van der Waals surface area contributed by atoms with Crippen molar-refractivity contribution in [2.24, 2.45) is 4.99 Å². The number of nitrogens with zero attached hydrogens (tertiary/aromatic N) is 3. The molecule has 0 aliphatic carbocycles. The number of rotatable bonds is 11. The van der Waals surface area contributed by atoms with Crippen molar-refractivity contribution in [2.75, 3.05) is 26.7 Å². The van der Waals surface area contributed by atoms with E-state index in [1.54, 1.807) is 30.7 Å². The van der Waals surface area contributed by atoms with Crippen molar-refractivity contribution in [2.45, 2.75) is 57.7 Å². The number of nitrogens with one attached hydrogen (secondary N) is 1. The Labute approximate surface area is 219 Å². The third-order valence-corrected chi connectivity index (χ3v) is 6.84. The average molecular weight is 507 g/mol. The predicted molar refractivity (Wildman–Crippen MR) is 144 cm³/mol. The van der Waals surface area contributed by atoms with Gasteiger partial charge in [0.1, 0.15) is 11.8 Å². The topological polar surface area (TPSA) is 102 Å². The Morgan fingerprint density at radius 1 is 1.08 bits per heavy atom. The Balaban J connectivity index is 1.74. The number of hydrogen-bond donors (Lipinski definition) is 2. The van der Waals surface area contributed by atoms with Crippen molar-refractivity contribution in [1.29, 1.82) is 0 Å². The first kappa shape index (κ1) is 28.2. The molecule has 2 N–H and O–H groups in total. The second-order valence-corrected chi connectivity index (χ2v) is 9.57. The molecular formula is C29H38N4O4. The molecule has 8 nitrogen and oxygen atoms in total.